The minimum atomic E-state index is -0.408. The Labute approximate surface area is 135 Å². The van der Waals surface area contributed by atoms with E-state index >= 15 is 0 Å². The molecule has 1 aliphatic rings. The minimum absolute atomic E-state index is 0.0417. The lowest BCUT2D eigenvalue weighted by Crippen LogP contribution is -2.32. The maximum absolute atomic E-state index is 12.3. The van der Waals surface area contributed by atoms with Gasteiger partial charge >= 0.3 is 0 Å². The van der Waals surface area contributed by atoms with Crippen LogP contribution in [0.25, 0.3) is 0 Å². The molecule has 1 fully saturated rings. The second-order valence-electron chi connectivity index (χ2n) is 6.12. The molecule has 1 saturated carbocycles. The molecular formula is C18H22N2O3. The van der Waals surface area contributed by atoms with Gasteiger partial charge in [-0.05, 0) is 31.2 Å². The average Bonchev–Trinajstić information content (AvgIpc) is 3.14. The molecule has 0 spiro atoms. The van der Waals surface area contributed by atoms with Gasteiger partial charge in [0.2, 0.25) is 5.88 Å². The zero-order valence-electron chi connectivity index (χ0n) is 13.0. The molecule has 1 amide bonds. The van der Waals surface area contributed by atoms with Crippen molar-refractivity contribution in [1.82, 2.24) is 10.3 Å². The molecule has 0 saturated heterocycles. The van der Waals surface area contributed by atoms with E-state index in [2.05, 4.69) is 10.3 Å². The van der Waals surface area contributed by atoms with Crippen LogP contribution in [0, 0.1) is 0 Å². The summed E-state index contributed by atoms with van der Waals surface area (Å²) in [5.74, 6) is -0.816. The van der Waals surface area contributed by atoms with Crippen molar-refractivity contribution in [2.45, 2.75) is 44.6 Å². The van der Waals surface area contributed by atoms with Crippen LogP contribution in [0.15, 0.2) is 30.3 Å². The molecule has 1 aromatic heterocycles. The van der Waals surface area contributed by atoms with Crippen LogP contribution in [0.5, 0.6) is 11.6 Å². The van der Waals surface area contributed by atoms with Crippen molar-refractivity contribution in [2.24, 2.45) is 0 Å². The Morgan fingerprint density at radius 2 is 1.83 bits per heavy atom. The first-order chi connectivity index (χ1) is 11.1. The standard InChI is InChI=1S/C18H22N2O3/c21-16-14(11-10-12-6-2-1-3-7-12)20-18(23)15(16)17(22)19-13-8-4-5-9-13/h1-3,6-7,13,20-21,23H,4-5,8-11H2,(H,19,22). The van der Waals surface area contributed by atoms with E-state index in [1.165, 1.54) is 0 Å². The number of aromatic nitrogens is 1. The largest absolute Gasteiger partial charge is 0.505 e. The molecule has 1 aliphatic carbocycles. The normalized spacial score (nSPS) is 15.0. The Morgan fingerprint density at radius 1 is 1.13 bits per heavy atom. The Hall–Kier alpha value is -2.43. The van der Waals surface area contributed by atoms with Crippen LogP contribution in [-0.4, -0.2) is 27.1 Å². The lowest BCUT2D eigenvalue weighted by atomic mass is 10.1. The number of hydrogen-bond acceptors (Lipinski definition) is 3. The van der Waals surface area contributed by atoms with Gasteiger partial charge in [0.05, 0.1) is 5.69 Å². The third kappa shape index (κ3) is 3.50. The molecule has 122 valence electrons. The van der Waals surface area contributed by atoms with E-state index < -0.39 is 5.91 Å². The summed E-state index contributed by atoms with van der Waals surface area (Å²) < 4.78 is 0. The van der Waals surface area contributed by atoms with E-state index in [0.717, 1.165) is 37.7 Å². The van der Waals surface area contributed by atoms with Crippen molar-refractivity contribution in [3.05, 3.63) is 47.2 Å². The molecule has 0 radical (unpaired) electrons. The molecule has 0 unspecified atom stereocenters. The molecule has 0 bridgehead atoms. The summed E-state index contributed by atoms with van der Waals surface area (Å²) in [6, 6.07) is 10.0. The summed E-state index contributed by atoms with van der Waals surface area (Å²) in [6.07, 6.45) is 5.38. The Balaban J connectivity index is 1.69. The number of nitrogens with one attached hydrogen (secondary N) is 2. The first-order valence-corrected chi connectivity index (χ1v) is 8.12. The van der Waals surface area contributed by atoms with Gasteiger partial charge in [-0.25, -0.2) is 0 Å². The highest BCUT2D eigenvalue weighted by atomic mass is 16.3. The molecule has 2 aromatic rings. The van der Waals surface area contributed by atoms with Crippen LogP contribution in [-0.2, 0) is 12.8 Å². The van der Waals surface area contributed by atoms with Gasteiger partial charge in [-0.2, -0.15) is 0 Å². The maximum Gasteiger partial charge on any atom is 0.260 e. The number of aromatic hydroxyl groups is 2. The van der Waals surface area contributed by atoms with E-state index in [1.807, 2.05) is 30.3 Å². The van der Waals surface area contributed by atoms with Gasteiger partial charge in [0.25, 0.3) is 5.91 Å². The summed E-state index contributed by atoms with van der Waals surface area (Å²) >= 11 is 0. The van der Waals surface area contributed by atoms with Crippen LogP contribution >= 0.6 is 0 Å². The predicted molar refractivity (Wildman–Crippen MR) is 87.7 cm³/mol. The first-order valence-electron chi connectivity index (χ1n) is 8.12. The van der Waals surface area contributed by atoms with Crippen molar-refractivity contribution in [2.75, 3.05) is 0 Å². The Kier molecular flexibility index (Phi) is 4.55. The van der Waals surface area contributed by atoms with Crippen molar-refractivity contribution in [1.29, 1.82) is 0 Å². The van der Waals surface area contributed by atoms with E-state index in [0.29, 0.717) is 12.1 Å². The van der Waals surface area contributed by atoms with Crippen LogP contribution in [0.3, 0.4) is 0 Å². The zero-order chi connectivity index (χ0) is 16.2. The van der Waals surface area contributed by atoms with Gasteiger partial charge in [0, 0.05) is 6.04 Å². The molecule has 0 atom stereocenters. The Bertz CT molecular complexity index is 673. The second-order valence-corrected chi connectivity index (χ2v) is 6.12. The molecule has 4 N–H and O–H groups in total. The number of benzene rings is 1. The molecule has 1 aromatic carbocycles. The number of H-pyrrole nitrogens is 1. The highest BCUT2D eigenvalue weighted by Crippen LogP contribution is 2.32. The summed E-state index contributed by atoms with van der Waals surface area (Å²) in [5.41, 5.74) is 1.58. The monoisotopic (exact) mass is 314 g/mol. The van der Waals surface area contributed by atoms with Gasteiger partial charge in [-0.15, -0.1) is 0 Å². The number of aromatic amines is 1. The van der Waals surface area contributed by atoms with Gasteiger partial charge in [0.1, 0.15) is 5.56 Å². The van der Waals surface area contributed by atoms with Crippen LogP contribution in [0.1, 0.15) is 47.3 Å². The summed E-state index contributed by atoms with van der Waals surface area (Å²) in [6.45, 7) is 0. The fourth-order valence-electron chi connectivity index (χ4n) is 3.17. The number of carbonyl (C=O) groups is 1. The molecule has 5 nitrogen and oxygen atoms in total. The fourth-order valence-corrected chi connectivity index (χ4v) is 3.17. The third-order valence-corrected chi connectivity index (χ3v) is 4.45. The fraction of sp³-hybridized carbons (Fsp3) is 0.389. The van der Waals surface area contributed by atoms with Crippen molar-refractivity contribution in [3.8, 4) is 11.6 Å². The van der Waals surface area contributed by atoms with Gasteiger partial charge in [-0.1, -0.05) is 43.2 Å². The van der Waals surface area contributed by atoms with Gasteiger partial charge < -0.3 is 20.5 Å². The maximum atomic E-state index is 12.3. The number of aryl methyl sites for hydroxylation is 2. The number of rotatable bonds is 5. The molecule has 23 heavy (non-hydrogen) atoms. The smallest absolute Gasteiger partial charge is 0.260 e. The minimum Gasteiger partial charge on any atom is -0.505 e. The van der Waals surface area contributed by atoms with Crippen molar-refractivity contribution >= 4 is 5.91 Å². The number of carbonyl (C=O) groups excluding carboxylic acids is 1. The van der Waals surface area contributed by atoms with Crippen molar-refractivity contribution in [3.63, 3.8) is 0 Å². The number of amides is 1. The summed E-state index contributed by atoms with van der Waals surface area (Å²) in [4.78, 5) is 15.0. The van der Waals surface area contributed by atoms with Crippen LogP contribution < -0.4 is 5.32 Å². The lowest BCUT2D eigenvalue weighted by molar-refractivity contribution is 0.0932. The van der Waals surface area contributed by atoms with Gasteiger partial charge in [0.15, 0.2) is 5.75 Å². The second kappa shape index (κ2) is 6.77. The topological polar surface area (TPSA) is 85.4 Å². The predicted octanol–water partition coefficient (Wildman–Crippen LogP) is 2.88. The molecule has 3 rings (SSSR count). The molecule has 1 heterocycles. The summed E-state index contributed by atoms with van der Waals surface area (Å²) in [7, 11) is 0. The Morgan fingerprint density at radius 3 is 2.52 bits per heavy atom. The summed E-state index contributed by atoms with van der Waals surface area (Å²) in [5, 5.41) is 23.1. The SMILES string of the molecule is O=C(NC1CCCC1)c1c(O)[nH]c(CCc2ccccc2)c1O. The molecular weight excluding hydrogens is 292 g/mol. The zero-order valence-corrected chi connectivity index (χ0v) is 13.0. The number of hydrogen-bond donors (Lipinski definition) is 4. The van der Waals surface area contributed by atoms with Crippen LogP contribution in [0.4, 0.5) is 0 Å². The molecule has 5 heteroatoms. The first kappa shape index (κ1) is 15.5. The molecule has 0 aliphatic heterocycles. The highest BCUT2D eigenvalue weighted by Gasteiger charge is 2.25. The quantitative estimate of drug-likeness (QED) is 0.684. The van der Waals surface area contributed by atoms with E-state index in [-0.39, 0.29) is 23.2 Å². The van der Waals surface area contributed by atoms with Crippen LogP contribution in [0.2, 0.25) is 0 Å². The average molecular weight is 314 g/mol. The lowest BCUT2D eigenvalue weighted by Gasteiger charge is -2.11. The van der Waals surface area contributed by atoms with Crippen molar-refractivity contribution < 1.29 is 15.0 Å². The van der Waals surface area contributed by atoms with E-state index in [1.54, 1.807) is 0 Å². The highest BCUT2D eigenvalue weighted by molar-refractivity contribution is 5.99. The van der Waals surface area contributed by atoms with E-state index in [9.17, 15) is 15.0 Å². The van der Waals surface area contributed by atoms with E-state index in [4.69, 9.17) is 0 Å². The van der Waals surface area contributed by atoms with Gasteiger partial charge in [-0.3, -0.25) is 4.79 Å². The third-order valence-electron chi connectivity index (χ3n) is 4.45.